The lowest BCUT2D eigenvalue weighted by Gasteiger charge is -2.22. The number of nitrogens with one attached hydrogen (secondary N) is 1. The average Bonchev–Trinajstić information content (AvgIpc) is 3.14. The molecular weight excluding hydrogens is 402 g/mol. The fourth-order valence-corrected chi connectivity index (χ4v) is 3.98. The average molecular weight is 434 g/mol. The predicted molar refractivity (Wildman–Crippen MR) is 129 cm³/mol. The molecular formula is C26H31N3O3. The van der Waals surface area contributed by atoms with Crippen molar-refractivity contribution in [1.29, 1.82) is 0 Å². The summed E-state index contributed by atoms with van der Waals surface area (Å²) < 4.78 is 11.3. The van der Waals surface area contributed by atoms with Gasteiger partial charge in [-0.3, -0.25) is 9.79 Å². The van der Waals surface area contributed by atoms with Crippen LogP contribution in [0, 0.1) is 0 Å². The number of ether oxygens (including phenoxy) is 2. The molecule has 0 radical (unpaired) electrons. The van der Waals surface area contributed by atoms with Gasteiger partial charge in [0.15, 0.2) is 11.5 Å². The highest BCUT2D eigenvalue weighted by atomic mass is 16.5. The Kier molecular flexibility index (Phi) is 5.96. The first-order valence-corrected chi connectivity index (χ1v) is 11.1. The molecule has 1 amide bonds. The van der Waals surface area contributed by atoms with Gasteiger partial charge in [0, 0.05) is 36.1 Å². The minimum Gasteiger partial charge on any atom is -0.493 e. The van der Waals surface area contributed by atoms with E-state index in [0.29, 0.717) is 29.4 Å². The molecule has 0 aromatic heterocycles. The van der Waals surface area contributed by atoms with Crippen LogP contribution in [0.2, 0.25) is 0 Å². The monoisotopic (exact) mass is 433 g/mol. The van der Waals surface area contributed by atoms with Crippen molar-refractivity contribution in [3.63, 3.8) is 0 Å². The number of aliphatic imine (C=N–C) groups is 1. The zero-order chi connectivity index (χ0) is 22.9. The third kappa shape index (κ3) is 4.49. The van der Waals surface area contributed by atoms with Crippen LogP contribution in [-0.2, 0) is 0 Å². The van der Waals surface area contributed by atoms with Crippen molar-refractivity contribution in [2.45, 2.75) is 52.1 Å². The van der Waals surface area contributed by atoms with Crippen LogP contribution in [0.5, 0.6) is 11.5 Å². The molecule has 32 heavy (non-hydrogen) atoms. The Bertz CT molecular complexity index is 1060. The highest BCUT2D eigenvalue weighted by molar-refractivity contribution is 6.05. The molecule has 0 spiro atoms. The number of nitrogens with zero attached hydrogens (tertiary/aromatic N) is 2. The van der Waals surface area contributed by atoms with Crippen molar-refractivity contribution in [3.8, 4) is 11.5 Å². The molecule has 2 aromatic carbocycles. The van der Waals surface area contributed by atoms with Crippen LogP contribution in [-0.4, -0.2) is 42.3 Å². The summed E-state index contributed by atoms with van der Waals surface area (Å²) in [7, 11) is 1.58. The van der Waals surface area contributed by atoms with Crippen LogP contribution in [0.4, 0.5) is 11.4 Å². The number of carbonyl (C=O) groups is 1. The molecule has 0 saturated carbocycles. The molecule has 6 nitrogen and oxygen atoms in total. The Morgan fingerprint density at radius 1 is 1.16 bits per heavy atom. The van der Waals surface area contributed by atoms with Crippen LogP contribution in [0.3, 0.4) is 0 Å². The van der Waals surface area contributed by atoms with Gasteiger partial charge in [-0.05, 0) is 56.5 Å². The summed E-state index contributed by atoms with van der Waals surface area (Å²) in [5.41, 5.74) is 4.45. The fraction of sp³-hybridized carbons (Fsp3) is 0.385. The van der Waals surface area contributed by atoms with Gasteiger partial charge in [-0.25, -0.2) is 0 Å². The maximum atomic E-state index is 13.4. The van der Waals surface area contributed by atoms with Gasteiger partial charge in [-0.1, -0.05) is 19.1 Å². The van der Waals surface area contributed by atoms with E-state index in [2.05, 4.69) is 55.3 Å². The molecule has 1 atom stereocenters. The lowest BCUT2D eigenvalue weighted by Crippen LogP contribution is -2.32. The molecule has 1 N–H and O–H groups in total. The lowest BCUT2D eigenvalue weighted by atomic mass is 10.0. The number of hydrogen-bond donors (Lipinski definition) is 1. The summed E-state index contributed by atoms with van der Waals surface area (Å²) in [6, 6.07) is 11.8. The number of methoxy groups -OCH3 is 1. The molecule has 0 fully saturated rings. The van der Waals surface area contributed by atoms with Crippen LogP contribution < -0.4 is 14.8 Å². The van der Waals surface area contributed by atoms with Crippen LogP contribution in [0.1, 0.15) is 56.5 Å². The number of hydrogen-bond acceptors (Lipinski definition) is 5. The first-order chi connectivity index (χ1) is 15.3. The Morgan fingerprint density at radius 2 is 1.91 bits per heavy atom. The first-order valence-electron chi connectivity index (χ1n) is 11.1. The van der Waals surface area contributed by atoms with E-state index in [1.165, 1.54) is 0 Å². The second kappa shape index (κ2) is 8.69. The van der Waals surface area contributed by atoms with Crippen molar-refractivity contribution < 1.29 is 14.3 Å². The molecule has 168 valence electrons. The zero-order valence-electron chi connectivity index (χ0n) is 19.4. The van der Waals surface area contributed by atoms with Gasteiger partial charge >= 0.3 is 0 Å². The molecule has 0 bridgehead atoms. The quantitative estimate of drug-likeness (QED) is 0.638. The lowest BCUT2D eigenvalue weighted by molar-refractivity contribution is 0.0817. The van der Waals surface area contributed by atoms with Crippen molar-refractivity contribution in [3.05, 3.63) is 53.7 Å². The molecule has 2 heterocycles. The normalized spacial score (nSPS) is 17.4. The summed E-state index contributed by atoms with van der Waals surface area (Å²) in [6.07, 6.45) is 5.43. The predicted octanol–water partition coefficient (Wildman–Crippen LogP) is 5.67. The maximum Gasteiger partial charge on any atom is 0.260 e. The fourth-order valence-electron chi connectivity index (χ4n) is 3.98. The van der Waals surface area contributed by atoms with E-state index in [0.717, 1.165) is 29.7 Å². The minimum atomic E-state index is -0.108. The Hall–Kier alpha value is -3.28. The maximum absolute atomic E-state index is 13.4. The van der Waals surface area contributed by atoms with Gasteiger partial charge in [-0.2, -0.15) is 0 Å². The summed E-state index contributed by atoms with van der Waals surface area (Å²) in [4.78, 5) is 19.8. The molecule has 2 aliphatic heterocycles. The van der Waals surface area contributed by atoms with Crippen LogP contribution in [0.25, 0.3) is 5.57 Å². The molecule has 6 heteroatoms. The Labute approximate surface area is 189 Å². The zero-order valence-corrected chi connectivity index (χ0v) is 19.4. The molecule has 2 aliphatic rings. The van der Waals surface area contributed by atoms with E-state index in [1.54, 1.807) is 24.1 Å². The van der Waals surface area contributed by atoms with Crippen molar-refractivity contribution in [2.75, 3.05) is 19.0 Å². The minimum absolute atomic E-state index is 0.00577. The van der Waals surface area contributed by atoms with Crippen LogP contribution >= 0.6 is 0 Å². The van der Waals surface area contributed by atoms with Gasteiger partial charge in [0.2, 0.25) is 0 Å². The van der Waals surface area contributed by atoms with Gasteiger partial charge in [-0.15, -0.1) is 0 Å². The van der Waals surface area contributed by atoms with E-state index in [4.69, 9.17) is 9.47 Å². The summed E-state index contributed by atoms with van der Waals surface area (Å²) in [5.74, 6) is 1.08. The summed E-state index contributed by atoms with van der Waals surface area (Å²) in [6.45, 7) is 9.04. The van der Waals surface area contributed by atoms with Gasteiger partial charge in [0.1, 0.15) is 0 Å². The smallest absolute Gasteiger partial charge is 0.260 e. The van der Waals surface area contributed by atoms with Crippen molar-refractivity contribution >= 4 is 29.1 Å². The van der Waals surface area contributed by atoms with Gasteiger partial charge in [0.25, 0.3) is 5.91 Å². The summed E-state index contributed by atoms with van der Waals surface area (Å²) >= 11 is 0. The standard InChI is InChI=1S/C26H31N3O3/c1-6-11-32-24-14-22-21(13-23(24)31-5)25(30)29-16-18(12-20(29)15-27-22)17-7-9-19(10-8-17)28-26(2,3)4/h7-10,13-16,20,28H,6,11-12H2,1-5H3/t20-/m0/s1. The number of benzene rings is 2. The van der Waals surface area contributed by atoms with E-state index in [-0.39, 0.29) is 17.5 Å². The van der Waals surface area contributed by atoms with Crippen LogP contribution in [0.15, 0.2) is 47.6 Å². The third-order valence-electron chi connectivity index (χ3n) is 5.45. The number of anilines is 1. The van der Waals surface area contributed by atoms with E-state index >= 15 is 0 Å². The van der Waals surface area contributed by atoms with E-state index in [1.807, 2.05) is 19.3 Å². The van der Waals surface area contributed by atoms with Crippen molar-refractivity contribution in [2.24, 2.45) is 4.99 Å². The van der Waals surface area contributed by atoms with Crippen molar-refractivity contribution in [1.82, 2.24) is 4.90 Å². The number of amides is 1. The number of carbonyl (C=O) groups excluding carboxylic acids is 1. The second-order valence-electron chi connectivity index (χ2n) is 9.24. The molecule has 4 rings (SSSR count). The van der Waals surface area contributed by atoms with E-state index < -0.39 is 0 Å². The topological polar surface area (TPSA) is 63.2 Å². The molecule has 0 saturated heterocycles. The van der Waals surface area contributed by atoms with Gasteiger partial charge < -0.3 is 19.7 Å². The number of rotatable bonds is 6. The Morgan fingerprint density at radius 3 is 2.56 bits per heavy atom. The molecule has 2 aromatic rings. The highest BCUT2D eigenvalue weighted by Gasteiger charge is 2.33. The first kappa shape index (κ1) is 21.9. The summed E-state index contributed by atoms with van der Waals surface area (Å²) in [5, 5.41) is 3.48. The Balaban J connectivity index is 1.60. The number of fused-ring (bicyclic) bond motifs is 2. The SMILES string of the molecule is CCCOc1cc2c(cc1OC)C(=O)N1C=C(c3ccc(NC(C)(C)C)cc3)C[C@H]1C=N2. The van der Waals surface area contributed by atoms with E-state index in [9.17, 15) is 4.79 Å². The second-order valence-corrected chi connectivity index (χ2v) is 9.24. The highest BCUT2D eigenvalue weighted by Crippen LogP contribution is 2.39. The molecule has 0 unspecified atom stereocenters. The third-order valence-corrected chi connectivity index (χ3v) is 5.45. The largest absolute Gasteiger partial charge is 0.493 e. The van der Waals surface area contributed by atoms with Gasteiger partial charge in [0.05, 0.1) is 31.0 Å². The molecule has 0 aliphatic carbocycles.